The highest BCUT2D eigenvalue weighted by atomic mass is 35.5. The number of hydrogen-bond donors (Lipinski definition) is 1. The lowest BCUT2D eigenvalue weighted by molar-refractivity contribution is 0.288. The Balaban J connectivity index is 2.74. The van der Waals surface area contributed by atoms with Crippen molar-refractivity contribution in [1.29, 1.82) is 0 Å². The van der Waals surface area contributed by atoms with Crippen LogP contribution in [0.1, 0.15) is 18.1 Å². The van der Waals surface area contributed by atoms with E-state index in [2.05, 4.69) is 17.9 Å². The molecule has 1 aromatic carbocycles. The molecule has 0 aliphatic rings. The molecule has 1 aromatic rings. The van der Waals surface area contributed by atoms with Crippen molar-refractivity contribution in [2.45, 2.75) is 20.4 Å². The van der Waals surface area contributed by atoms with Crippen LogP contribution in [-0.4, -0.2) is 24.5 Å². The number of nitrogens with two attached hydrogens (primary N) is 1. The number of nitrogens with zero attached hydrogens (tertiary/aromatic N) is 1. The van der Waals surface area contributed by atoms with Crippen LogP contribution in [0.25, 0.3) is 0 Å². The molecule has 15 heavy (non-hydrogen) atoms. The van der Waals surface area contributed by atoms with Gasteiger partial charge >= 0.3 is 0 Å². The molecule has 0 aliphatic heterocycles. The average Bonchev–Trinajstić information content (AvgIpc) is 2.24. The van der Waals surface area contributed by atoms with Crippen molar-refractivity contribution in [2.75, 3.05) is 19.6 Å². The van der Waals surface area contributed by atoms with Crippen LogP contribution >= 0.6 is 11.6 Å². The van der Waals surface area contributed by atoms with E-state index in [9.17, 15) is 0 Å². The molecule has 0 radical (unpaired) electrons. The van der Waals surface area contributed by atoms with Gasteiger partial charge in [-0.25, -0.2) is 0 Å². The zero-order chi connectivity index (χ0) is 11.3. The lowest BCUT2D eigenvalue weighted by Gasteiger charge is -2.20. The monoisotopic (exact) mass is 226 g/mol. The maximum absolute atomic E-state index is 6.24. The molecule has 0 atom stereocenters. The standard InChI is InChI=1S/C12H19ClN2/c1-3-15(8-7-14)9-11-6-4-5-10(2)12(11)13/h4-6H,3,7-9,14H2,1-2H3. The van der Waals surface area contributed by atoms with Crippen molar-refractivity contribution in [3.8, 4) is 0 Å². The van der Waals surface area contributed by atoms with Crippen LogP contribution in [0.15, 0.2) is 18.2 Å². The number of rotatable bonds is 5. The fourth-order valence-electron chi connectivity index (χ4n) is 1.60. The van der Waals surface area contributed by atoms with E-state index in [1.807, 2.05) is 19.1 Å². The Morgan fingerprint density at radius 3 is 2.73 bits per heavy atom. The summed E-state index contributed by atoms with van der Waals surface area (Å²) < 4.78 is 0. The van der Waals surface area contributed by atoms with Gasteiger partial charge in [-0.15, -0.1) is 0 Å². The van der Waals surface area contributed by atoms with Gasteiger partial charge in [0.05, 0.1) is 0 Å². The zero-order valence-electron chi connectivity index (χ0n) is 9.46. The normalized spacial score (nSPS) is 11.0. The Kier molecular flexibility index (Phi) is 5.09. The third-order valence-electron chi connectivity index (χ3n) is 2.56. The summed E-state index contributed by atoms with van der Waals surface area (Å²) in [5, 5.41) is 0.882. The number of halogens is 1. The maximum atomic E-state index is 6.24. The molecular weight excluding hydrogens is 208 g/mol. The van der Waals surface area contributed by atoms with Gasteiger partial charge in [-0.1, -0.05) is 36.7 Å². The Morgan fingerprint density at radius 1 is 1.40 bits per heavy atom. The van der Waals surface area contributed by atoms with Gasteiger partial charge in [0.2, 0.25) is 0 Å². The molecule has 0 aliphatic carbocycles. The second-order valence-corrected chi connectivity index (χ2v) is 4.08. The summed E-state index contributed by atoms with van der Waals surface area (Å²) in [6.45, 7) is 7.66. The molecule has 2 nitrogen and oxygen atoms in total. The molecule has 0 aromatic heterocycles. The van der Waals surface area contributed by atoms with Crippen molar-refractivity contribution in [2.24, 2.45) is 5.73 Å². The minimum Gasteiger partial charge on any atom is -0.329 e. The predicted molar refractivity (Wildman–Crippen MR) is 66.2 cm³/mol. The largest absolute Gasteiger partial charge is 0.329 e. The van der Waals surface area contributed by atoms with E-state index in [0.717, 1.165) is 30.2 Å². The summed E-state index contributed by atoms with van der Waals surface area (Å²) in [5.74, 6) is 0. The molecule has 2 N–H and O–H groups in total. The molecule has 1 rings (SSSR count). The van der Waals surface area contributed by atoms with E-state index in [1.165, 1.54) is 5.56 Å². The highest BCUT2D eigenvalue weighted by Crippen LogP contribution is 2.21. The van der Waals surface area contributed by atoms with Gasteiger partial charge in [0, 0.05) is 24.7 Å². The minimum absolute atomic E-state index is 0.692. The van der Waals surface area contributed by atoms with Crippen LogP contribution in [0.3, 0.4) is 0 Å². The first-order chi connectivity index (χ1) is 7.19. The molecule has 0 spiro atoms. The SMILES string of the molecule is CCN(CCN)Cc1cccc(C)c1Cl. The van der Waals surface area contributed by atoms with Crippen molar-refractivity contribution in [1.82, 2.24) is 4.90 Å². The molecule has 3 heteroatoms. The Bertz CT molecular complexity index is 312. The fraction of sp³-hybridized carbons (Fsp3) is 0.500. The molecule has 0 saturated carbocycles. The van der Waals surface area contributed by atoms with Gasteiger partial charge in [0.25, 0.3) is 0 Å². The Morgan fingerprint density at radius 2 is 2.13 bits per heavy atom. The second kappa shape index (κ2) is 6.11. The summed E-state index contributed by atoms with van der Waals surface area (Å²) >= 11 is 6.24. The first-order valence-corrected chi connectivity index (χ1v) is 5.73. The molecule has 0 fully saturated rings. The van der Waals surface area contributed by atoms with E-state index in [0.29, 0.717) is 6.54 Å². The molecule has 0 amide bonds. The van der Waals surface area contributed by atoms with Gasteiger partial charge in [-0.2, -0.15) is 0 Å². The topological polar surface area (TPSA) is 29.3 Å². The molecule has 0 bridgehead atoms. The molecule has 0 saturated heterocycles. The third kappa shape index (κ3) is 3.49. The summed E-state index contributed by atoms with van der Waals surface area (Å²) in [6.07, 6.45) is 0. The Hall–Kier alpha value is -0.570. The van der Waals surface area contributed by atoms with Crippen molar-refractivity contribution in [3.05, 3.63) is 34.3 Å². The van der Waals surface area contributed by atoms with E-state index < -0.39 is 0 Å². The average molecular weight is 227 g/mol. The maximum Gasteiger partial charge on any atom is 0.0480 e. The summed E-state index contributed by atoms with van der Waals surface area (Å²) in [4.78, 5) is 2.29. The van der Waals surface area contributed by atoms with Crippen LogP contribution in [0.5, 0.6) is 0 Å². The minimum atomic E-state index is 0.692. The number of aryl methyl sites for hydroxylation is 1. The van der Waals surface area contributed by atoms with Crippen LogP contribution in [0.2, 0.25) is 5.02 Å². The lowest BCUT2D eigenvalue weighted by Crippen LogP contribution is -2.28. The third-order valence-corrected chi connectivity index (χ3v) is 3.10. The molecule has 0 heterocycles. The Labute approximate surface area is 97.0 Å². The summed E-state index contributed by atoms with van der Waals surface area (Å²) in [6, 6.07) is 6.16. The highest BCUT2D eigenvalue weighted by Gasteiger charge is 2.07. The fourth-order valence-corrected chi connectivity index (χ4v) is 1.79. The number of benzene rings is 1. The van der Waals surface area contributed by atoms with Gasteiger partial charge in [-0.05, 0) is 24.6 Å². The second-order valence-electron chi connectivity index (χ2n) is 3.71. The number of likely N-dealkylation sites (N-methyl/N-ethyl adjacent to an activating group) is 1. The van der Waals surface area contributed by atoms with E-state index in [-0.39, 0.29) is 0 Å². The summed E-state index contributed by atoms with van der Waals surface area (Å²) in [7, 11) is 0. The van der Waals surface area contributed by atoms with Crippen LogP contribution in [0.4, 0.5) is 0 Å². The zero-order valence-corrected chi connectivity index (χ0v) is 10.2. The lowest BCUT2D eigenvalue weighted by atomic mass is 10.1. The smallest absolute Gasteiger partial charge is 0.0480 e. The van der Waals surface area contributed by atoms with Crippen LogP contribution in [0, 0.1) is 6.92 Å². The van der Waals surface area contributed by atoms with E-state index in [4.69, 9.17) is 17.3 Å². The molecule has 84 valence electrons. The summed E-state index contributed by atoms with van der Waals surface area (Å²) in [5.41, 5.74) is 7.88. The van der Waals surface area contributed by atoms with Gasteiger partial charge < -0.3 is 5.73 Å². The van der Waals surface area contributed by atoms with Gasteiger partial charge in [-0.3, -0.25) is 4.90 Å². The molecule has 0 unspecified atom stereocenters. The van der Waals surface area contributed by atoms with Crippen molar-refractivity contribution >= 4 is 11.6 Å². The number of hydrogen-bond acceptors (Lipinski definition) is 2. The quantitative estimate of drug-likeness (QED) is 0.836. The first-order valence-electron chi connectivity index (χ1n) is 5.35. The highest BCUT2D eigenvalue weighted by molar-refractivity contribution is 6.32. The van der Waals surface area contributed by atoms with Crippen molar-refractivity contribution in [3.63, 3.8) is 0 Å². The van der Waals surface area contributed by atoms with Gasteiger partial charge in [0.15, 0.2) is 0 Å². The van der Waals surface area contributed by atoms with E-state index >= 15 is 0 Å². The van der Waals surface area contributed by atoms with Gasteiger partial charge in [0.1, 0.15) is 0 Å². The predicted octanol–water partition coefficient (Wildman–Crippen LogP) is 2.43. The van der Waals surface area contributed by atoms with Crippen LogP contribution < -0.4 is 5.73 Å². The van der Waals surface area contributed by atoms with Crippen molar-refractivity contribution < 1.29 is 0 Å². The first kappa shape index (κ1) is 12.5. The molecular formula is C12H19ClN2. The van der Waals surface area contributed by atoms with Crippen LogP contribution in [-0.2, 0) is 6.54 Å². The van der Waals surface area contributed by atoms with E-state index in [1.54, 1.807) is 0 Å².